The Morgan fingerprint density at radius 2 is 1.22 bits per heavy atom. The summed E-state index contributed by atoms with van der Waals surface area (Å²) in [5, 5.41) is 1.64. The van der Waals surface area contributed by atoms with Crippen molar-refractivity contribution in [3.63, 3.8) is 0 Å². The predicted octanol–water partition coefficient (Wildman–Crippen LogP) is 2.72. The lowest BCUT2D eigenvalue weighted by Crippen LogP contribution is -2.05. The zero-order valence-electron chi connectivity index (χ0n) is 10.7. The van der Waals surface area contributed by atoms with Crippen LogP contribution in [0.3, 0.4) is 0 Å². The van der Waals surface area contributed by atoms with Crippen molar-refractivity contribution in [1.29, 1.82) is 0 Å². The van der Waals surface area contributed by atoms with E-state index >= 15 is 0 Å². The van der Waals surface area contributed by atoms with E-state index in [1.165, 1.54) is 23.0 Å². The molecule has 0 bridgehead atoms. The van der Waals surface area contributed by atoms with Crippen molar-refractivity contribution in [3.8, 4) is 0 Å². The first-order valence-electron chi connectivity index (χ1n) is 6.49. The van der Waals surface area contributed by atoms with Gasteiger partial charge in [0.25, 0.3) is 0 Å². The summed E-state index contributed by atoms with van der Waals surface area (Å²) in [5.74, 6) is 7.40. The molecule has 0 spiro atoms. The van der Waals surface area contributed by atoms with Gasteiger partial charge in [-0.15, -0.1) is 0 Å². The van der Waals surface area contributed by atoms with E-state index in [1.54, 1.807) is 0 Å². The Balaban J connectivity index is 1.19. The molecule has 0 aromatic heterocycles. The minimum absolute atomic E-state index is 0.819. The molecular formula is C12H22O2S4. The maximum Gasteiger partial charge on any atom is 0.0593 e. The van der Waals surface area contributed by atoms with Crippen LogP contribution in [0.1, 0.15) is 0 Å². The van der Waals surface area contributed by atoms with E-state index < -0.39 is 0 Å². The summed E-state index contributed by atoms with van der Waals surface area (Å²) in [4.78, 5) is 0. The maximum absolute atomic E-state index is 5.58. The largest absolute Gasteiger partial charge is 0.379 e. The Bertz CT molecular complexity index is 188. The smallest absolute Gasteiger partial charge is 0.0593 e. The van der Waals surface area contributed by atoms with Crippen LogP contribution < -0.4 is 0 Å². The molecule has 0 saturated carbocycles. The van der Waals surface area contributed by atoms with Gasteiger partial charge in [0, 0.05) is 45.0 Å². The number of hydrogen-bond donors (Lipinski definition) is 0. The molecule has 0 aromatic rings. The fraction of sp³-hybridized carbons (Fsp3) is 1.00. The monoisotopic (exact) mass is 326 g/mol. The Hall–Kier alpha value is 1.32. The molecule has 2 nitrogen and oxygen atoms in total. The molecule has 2 fully saturated rings. The molecule has 2 rings (SSSR count). The van der Waals surface area contributed by atoms with E-state index in [2.05, 4.69) is 0 Å². The molecular weight excluding hydrogens is 304 g/mol. The van der Waals surface area contributed by atoms with Crippen molar-refractivity contribution >= 4 is 47.0 Å². The molecule has 0 amide bonds. The van der Waals surface area contributed by atoms with Gasteiger partial charge in [0.1, 0.15) is 0 Å². The van der Waals surface area contributed by atoms with Gasteiger partial charge in [-0.25, -0.2) is 0 Å². The summed E-state index contributed by atoms with van der Waals surface area (Å²) in [6, 6.07) is 0. The number of ether oxygens (including phenoxy) is 2. The predicted molar refractivity (Wildman–Crippen MR) is 88.8 cm³/mol. The topological polar surface area (TPSA) is 18.5 Å². The molecule has 2 saturated heterocycles. The minimum Gasteiger partial charge on any atom is -0.379 e. The lowest BCUT2D eigenvalue weighted by molar-refractivity contribution is 0.158. The van der Waals surface area contributed by atoms with Crippen LogP contribution in [-0.4, -0.2) is 71.4 Å². The maximum atomic E-state index is 5.58. The fourth-order valence-corrected chi connectivity index (χ4v) is 3.99. The van der Waals surface area contributed by atoms with Crippen molar-refractivity contribution in [2.45, 2.75) is 10.5 Å². The lowest BCUT2D eigenvalue weighted by atomic mass is 10.5. The Morgan fingerprint density at radius 1 is 0.778 bits per heavy atom. The number of thioether (sulfide) groups is 4. The molecule has 106 valence electrons. The summed E-state index contributed by atoms with van der Waals surface area (Å²) in [5.41, 5.74) is 0. The van der Waals surface area contributed by atoms with Crippen LogP contribution in [0.5, 0.6) is 0 Å². The van der Waals surface area contributed by atoms with Crippen molar-refractivity contribution in [3.05, 3.63) is 0 Å². The van der Waals surface area contributed by atoms with E-state index in [4.69, 9.17) is 9.47 Å². The first-order chi connectivity index (χ1) is 8.95. The Kier molecular flexibility index (Phi) is 8.82. The average molecular weight is 327 g/mol. The van der Waals surface area contributed by atoms with Crippen LogP contribution in [0.15, 0.2) is 0 Å². The molecule has 2 atom stereocenters. The summed E-state index contributed by atoms with van der Waals surface area (Å²) in [6.07, 6.45) is 0. The van der Waals surface area contributed by atoms with Gasteiger partial charge in [-0.2, -0.15) is 47.0 Å². The van der Waals surface area contributed by atoms with Crippen molar-refractivity contribution in [1.82, 2.24) is 0 Å². The highest BCUT2D eigenvalue weighted by Gasteiger charge is 2.22. The van der Waals surface area contributed by atoms with Crippen molar-refractivity contribution in [2.24, 2.45) is 0 Å². The second kappa shape index (κ2) is 10.1. The standard InChI is InChI=1S/C12H22O2S4/c1(13-7-11-9-17-11)3-15-5-6-16-4-2-14-8-12-10-18-12/h11-12H,1-10H2. The third kappa shape index (κ3) is 9.26. The molecule has 2 aliphatic rings. The van der Waals surface area contributed by atoms with Crippen molar-refractivity contribution in [2.75, 3.05) is 60.9 Å². The molecule has 0 aromatic carbocycles. The van der Waals surface area contributed by atoms with E-state index in [1.807, 2.05) is 47.0 Å². The normalized spacial score (nSPS) is 25.3. The van der Waals surface area contributed by atoms with E-state index in [0.29, 0.717) is 0 Å². The van der Waals surface area contributed by atoms with Gasteiger partial charge in [-0.3, -0.25) is 0 Å². The van der Waals surface area contributed by atoms with Crippen molar-refractivity contribution < 1.29 is 9.47 Å². The highest BCUT2D eigenvalue weighted by atomic mass is 32.2. The summed E-state index contributed by atoms with van der Waals surface area (Å²) in [6.45, 7) is 3.79. The van der Waals surface area contributed by atoms with Crippen LogP contribution in [0.4, 0.5) is 0 Å². The van der Waals surface area contributed by atoms with Crippen LogP contribution in [-0.2, 0) is 9.47 Å². The van der Waals surface area contributed by atoms with E-state index in [-0.39, 0.29) is 0 Å². The zero-order valence-corrected chi connectivity index (χ0v) is 13.9. The molecule has 0 radical (unpaired) electrons. The molecule has 2 unspecified atom stereocenters. The quantitative estimate of drug-likeness (QED) is 0.380. The van der Waals surface area contributed by atoms with Crippen LogP contribution >= 0.6 is 47.0 Å². The molecule has 6 heteroatoms. The first kappa shape index (κ1) is 15.7. The number of rotatable bonds is 13. The second-order valence-electron chi connectivity index (χ2n) is 4.29. The second-order valence-corrected chi connectivity index (χ2v) is 9.40. The average Bonchev–Trinajstić information content (AvgIpc) is 3.25. The zero-order chi connectivity index (χ0) is 12.5. The number of hydrogen-bond acceptors (Lipinski definition) is 6. The van der Waals surface area contributed by atoms with E-state index in [0.717, 1.165) is 48.4 Å². The van der Waals surface area contributed by atoms with Crippen LogP contribution in [0.25, 0.3) is 0 Å². The van der Waals surface area contributed by atoms with Gasteiger partial charge >= 0.3 is 0 Å². The van der Waals surface area contributed by atoms with Gasteiger partial charge in [-0.05, 0) is 0 Å². The SMILES string of the molecule is C(CSCCSCCOCC1CS1)OCC1CS1. The Labute approximate surface area is 127 Å². The summed E-state index contributed by atoms with van der Waals surface area (Å²) < 4.78 is 11.2. The van der Waals surface area contributed by atoms with E-state index in [9.17, 15) is 0 Å². The lowest BCUT2D eigenvalue weighted by Gasteiger charge is -2.04. The third-order valence-corrected chi connectivity index (χ3v) is 6.56. The molecule has 0 aliphatic carbocycles. The minimum atomic E-state index is 0.819. The van der Waals surface area contributed by atoms with Gasteiger partial charge in [0.2, 0.25) is 0 Å². The summed E-state index contributed by atoms with van der Waals surface area (Å²) in [7, 11) is 0. The molecule has 2 aliphatic heterocycles. The Morgan fingerprint density at radius 3 is 1.61 bits per heavy atom. The van der Waals surface area contributed by atoms with Gasteiger partial charge in [0.05, 0.1) is 26.4 Å². The van der Waals surface area contributed by atoms with Gasteiger partial charge < -0.3 is 9.47 Å². The van der Waals surface area contributed by atoms with Gasteiger partial charge in [0.15, 0.2) is 0 Å². The molecule has 18 heavy (non-hydrogen) atoms. The van der Waals surface area contributed by atoms with Crippen LogP contribution in [0, 0.1) is 0 Å². The third-order valence-electron chi connectivity index (χ3n) is 2.53. The van der Waals surface area contributed by atoms with Crippen LogP contribution in [0.2, 0.25) is 0 Å². The van der Waals surface area contributed by atoms with Gasteiger partial charge in [-0.1, -0.05) is 0 Å². The highest BCUT2D eigenvalue weighted by Crippen LogP contribution is 2.30. The highest BCUT2D eigenvalue weighted by molar-refractivity contribution is 8.07. The fourth-order valence-electron chi connectivity index (χ4n) is 1.32. The first-order valence-corrected chi connectivity index (χ1v) is 10.9. The summed E-state index contributed by atoms with van der Waals surface area (Å²) >= 11 is 8.03. The molecule has 0 N–H and O–H groups in total. The molecule has 2 heterocycles.